The highest BCUT2D eigenvalue weighted by Crippen LogP contribution is 2.11. The van der Waals surface area contributed by atoms with Gasteiger partial charge in [-0.15, -0.1) is 24.0 Å². The minimum atomic E-state index is 0. The number of hydrogen-bond acceptors (Lipinski definition) is 2. The van der Waals surface area contributed by atoms with Crippen molar-refractivity contribution in [3.05, 3.63) is 0 Å². The van der Waals surface area contributed by atoms with Gasteiger partial charge in [0.1, 0.15) is 0 Å². The molecule has 0 aromatic carbocycles. The van der Waals surface area contributed by atoms with E-state index in [4.69, 9.17) is 4.74 Å². The fraction of sp³-hybridized carbons (Fsp3) is 0.909. The maximum Gasteiger partial charge on any atom is 0.191 e. The Morgan fingerprint density at radius 2 is 2.25 bits per heavy atom. The average Bonchev–Trinajstić information content (AvgIpc) is 2.66. The third kappa shape index (κ3) is 6.52. The van der Waals surface area contributed by atoms with Crippen molar-refractivity contribution in [2.45, 2.75) is 45.8 Å². The number of aliphatic imine (C=N–C) groups is 1. The second kappa shape index (κ2) is 9.04. The topological polar surface area (TPSA) is 45.7 Å². The second-order valence-corrected chi connectivity index (χ2v) is 4.15. The molecule has 1 rings (SSSR count). The molecule has 2 N–H and O–H groups in total. The molecule has 1 atom stereocenters. The molecule has 0 radical (unpaired) electrons. The summed E-state index contributed by atoms with van der Waals surface area (Å²) in [5, 5.41) is 6.51. The summed E-state index contributed by atoms with van der Waals surface area (Å²) in [6.45, 7) is 8.85. The van der Waals surface area contributed by atoms with Gasteiger partial charge in [0.05, 0.1) is 12.6 Å². The van der Waals surface area contributed by atoms with Crippen molar-refractivity contribution in [2.75, 3.05) is 19.7 Å². The number of hydrogen-bond donors (Lipinski definition) is 2. The molecule has 96 valence electrons. The van der Waals surface area contributed by atoms with Crippen LogP contribution in [-0.4, -0.2) is 37.8 Å². The van der Waals surface area contributed by atoms with Gasteiger partial charge in [-0.3, -0.25) is 4.99 Å². The predicted octanol–water partition coefficient (Wildman–Crippen LogP) is 1.75. The summed E-state index contributed by atoms with van der Waals surface area (Å²) in [5.41, 5.74) is 0. The second-order valence-electron chi connectivity index (χ2n) is 4.15. The first-order valence-corrected chi connectivity index (χ1v) is 5.88. The molecule has 1 aliphatic rings. The van der Waals surface area contributed by atoms with Crippen molar-refractivity contribution < 1.29 is 4.74 Å². The number of guanidine groups is 1. The molecule has 0 aromatic heterocycles. The van der Waals surface area contributed by atoms with Crippen LogP contribution in [0.25, 0.3) is 0 Å². The third-order valence-electron chi connectivity index (χ3n) is 2.25. The number of rotatable bonds is 4. The lowest BCUT2D eigenvalue weighted by molar-refractivity contribution is 0.117. The van der Waals surface area contributed by atoms with Crippen LogP contribution in [0, 0.1) is 0 Å². The average molecular weight is 341 g/mol. The lowest BCUT2D eigenvalue weighted by Gasteiger charge is -2.15. The van der Waals surface area contributed by atoms with Crippen LogP contribution >= 0.6 is 24.0 Å². The van der Waals surface area contributed by atoms with Gasteiger partial charge in [0.15, 0.2) is 5.96 Å². The van der Waals surface area contributed by atoms with Gasteiger partial charge in [-0.25, -0.2) is 0 Å². The minimum absolute atomic E-state index is 0. The summed E-state index contributed by atoms with van der Waals surface area (Å²) in [6.07, 6.45) is 2.64. The Morgan fingerprint density at radius 1 is 1.50 bits per heavy atom. The molecule has 4 nitrogen and oxygen atoms in total. The Hall–Kier alpha value is -0.0400. The van der Waals surface area contributed by atoms with Crippen molar-refractivity contribution in [3.63, 3.8) is 0 Å². The summed E-state index contributed by atoms with van der Waals surface area (Å²) in [7, 11) is 0. The molecule has 0 spiro atoms. The van der Waals surface area contributed by atoms with Crippen molar-refractivity contribution in [1.29, 1.82) is 0 Å². The monoisotopic (exact) mass is 341 g/mol. The lowest BCUT2D eigenvalue weighted by atomic mass is 10.2. The highest BCUT2D eigenvalue weighted by Gasteiger charge is 2.14. The van der Waals surface area contributed by atoms with Gasteiger partial charge in [0, 0.05) is 19.2 Å². The van der Waals surface area contributed by atoms with Crippen LogP contribution < -0.4 is 10.6 Å². The molecule has 0 amide bonds. The van der Waals surface area contributed by atoms with Crippen LogP contribution in [0.4, 0.5) is 0 Å². The van der Waals surface area contributed by atoms with E-state index in [2.05, 4.69) is 36.4 Å². The Labute approximate surface area is 116 Å². The van der Waals surface area contributed by atoms with E-state index in [0.717, 1.165) is 32.1 Å². The summed E-state index contributed by atoms with van der Waals surface area (Å²) >= 11 is 0. The number of nitrogens with one attached hydrogen (secondary N) is 2. The van der Waals surface area contributed by atoms with Gasteiger partial charge >= 0.3 is 0 Å². The van der Waals surface area contributed by atoms with Crippen molar-refractivity contribution in [2.24, 2.45) is 4.99 Å². The molecular formula is C11H24IN3O. The van der Waals surface area contributed by atoms with Crippen LogP contribution in [0.2, 0.25) is 0 Å². The zero-order chi connectivity index (χ0) is 11.1. The number of ether oxygens (including phenoxy) is 1. The maximum atomic E-state index is 5.52. The van der Waals surface area contributed by atoms with E-state index in [1.54, 1.807) is 0 Å². The summed E-state index contributed by atoms with van der Waals surface area (Å²) in [5.74, 6) is 0.892. The smallest absolute Gasteiger partial charge is 0.191 e. The predicted molar refractivity (Wildman–Crippen MR) is 78.6 cm³/mol. The van der Waals surface area contributed by atoms with Crippen LogP contribution in [0.5, 0.6) is 0 Å². The molecule has 0 aliphatic carbocycles. The van der Waals surface area contributed by atoms with Gasteiger partial charge in [-0.2, -0.15) is 0 Å². The first kappa shape index (κ1) is 16.0. The Balaban J connectivity index is 0.00000225. The molecule has 0 aromatic rings. The fourth-order valence-corrected chi connectivity index (χ4v) is 1.57. The maximum absolute atomic E-state index is 5.52. The standard InChI is InChI=1S/C11H23N3O.HI/c1-4-12-11(14-9(2)3)13-8-10-6-5-7-15-10;/h9-10H,4-8H2,1-3H3,(H2,12,13,14);1H. The van der Waals surface area contributed by atoms with Gasteiger partial charge in [0.2, 0.25) is 0 Å². The zero-order valence-corrected chi connectivity index (χ0v) is 12.8. The van der Waals surface area contributed by atoms with Crippen LogP contribution in [0.3, 0.4) is 0 Å². The largest absolute Gasteiger partial charge is 0.376 e. The molecule has 1 unspecified atom stereocenters. The van der Waals surface area contributed by atoms with E-state index in [1.807, 2.05) is 0 Å². The summed E-state index contributed by atoms with van der Waals surface area (Å²) in [4.78, 5) is 4.51. The van der Waals surface area contributed by atoms with Crippen LogP contribution in [-0.2, 0) is 4.74 Å². The van der Waals surface area contributed by atoms with E-state index < -0.39 is 0 Å². The SMILES string of the molecule is CCNC(=NCC1CCCO1)NC(C)C.I. The van der Waals surface area contributed by atoms with Crippen LogP contribution in [0.1, 0.15) is 33.6 Å². The zero-order valence-electron chi connectivity index (χ0n) is 10.5. The molecule has 5 heteroatoms. The van der Waals surface area contributed by atoms with Gasteiger partial charge in [-0.1, -0.05) is 0 Å². The third-order valence-corrected chi connectivity index (χ3v) is 2.25. The van der Waals surface area contributed by atoms with E-state index in [0.29, 0.717) is 12.1 Å². The quantitative estimate of drug-likeness (QED) is 0.465. The van der Waals surface area contributed by atoms with Crippen molar-refractivity contribution >= 4 is 29.9 Å². The van der Waals surface area contributed by atoms with Gasteiger partial charge in [-0.05, 0) is 33.6 Å². The summed E-state index contributed by atoms with van der Waals surface area (Å²) in [6, 6.07) is 0.410. The minimum Gasteiger partial charge on any atom is -0.376 e. The first-order valence-electron chi connectivity index (χ1n) is 5.88. The van der Waals surface area contributed by atoms with Crippen molar-refractivity contribution in [3.8, 4) is 0 Å². The molecule has 0 saturated carbocycles. The number of halogens is 1. The van der Waals surface area contributed by atoms with E-state index in [1.165, 1.54) is 6.42 Å². The van der Waals surface area contributed by atoms with E-state index >= 15 is 0 Å². The molecule has 1 aliphatic heterocycles. The number of nitrogens with zero attached hydrogens (tertiary/aromatic N) is 1. The molecule has 1 saturated heterocycles. The first-order chi connectivity index (χ1) is 7.22. The van der Waals surface area contributed by atoms with Crippen LogP contribution in [0.15, 0.2) is 4.99 Å². The molecule has 0 bridgehead atoms. The Kier molecular flexibility index (Phi) is 9.02. The van der Waals surface area contributed by atoms with Gasteiger partial charge < -0.3 is 15.4 Å². The normalized spacial score (nSPS) is 20.8. The van der Waals surface area contributed by atoms with Gasteiger partial charge in [0.25, 0.3) is 0 Å². The fourth-order valence-electron chi connectivity index (χ4n) is 1.57. The highest BCUT2D eigenvalue weighted by atomic mass is 127. The Bertz CT molecular complexity index is 203. The lowest BCUT2D eigenvalue weighted by Crippen LogP contribution is -2.41. The van der Waals surface area contributed by atoms with E-state index in [-0.39, 0.29) is 24.0 Å². The molecule has 1 heterocycles. The molecular weight excluding hydrogens is 317 g/mol. The summed E-state index contributed by atoms with van der Waals surface area (Å²) < 4.78 is 5.52. The highest BCUT2D eigenvalue weighted by molar-refractivity contribution is 14.0. The Morgan fingerprint density at radius 3 is 2.75 bits per heavy atom. The van der Waals surface area contributed by atoms with E-state index in [9.17, 15) is 0 Å². The molecule has 16 heavy (non-hydrogen) atoms. The molecule has 1 fully saturated rings. The van der Waals surface area contributed by atoms with Crippen molar-refractivity contribution in [1.82, 2.24) is 10.6 Å².